The summed E-state index contributed by atoms with van der Waals surface area (Å²) >= 11 is 1.28. The van der Waals surface area contributed by atoms with Crippen LogP contribution in [0.15, 0.2) is 34.6 Å². The van der Waals surface area contributed by atoms with Crippen molar-refractivity contribution in [1.82, 2.24) is 24.6 Å². The molecule has 0 atom stereocenters. The topological polar surface area (TPSA) is 91.0 Å². The molecule has 2 aromatic rings. The number of ether oxygens (including phenoxy) is 1. The van der Waals surface area contributed by atoms with Crippen molar-refractivity contribution in [3.8, 4) is 5.13 Å². The Hall–Kier alpha value is -2.49. The van der Waals surface area contributed by atoms with Crippen molar-refractivity contribution in [1.29, 1.82) is 0 Å². The fourth-order valence-electron chi connectivity index (χ4n) is 1.72. The lowest BCUT2D eigenvalue weighted by Crippen LogP contribution is -2.41. The van der Waals surface area contributed by atoms with Crippen molar-refractivity contribution in [3.05, 3.63) is 40.3 Å². The Morgan fingerprint density at radius 2 is 2.25 bits per heavy atom. The zero-order valence-corrected chi connectivity index (χ0v) is 14.3. The second-order valence-corrected chi connectivity index (χ2v) is 6.85. The van der Waals surface area contributed by atoms with E-state index in [1.54, 1.807) is 32.3 Å². The zero-order chi connectivity index (χ0) is 17.7. The minimum absolute atomic E-state index is 0.102. The molecule has 0 bridgehead atoms. The molecular weight excluding hydrogens is 337 g/mol. The first kappa shape index (κ1) is 17.9. The van der Waals surface area contributed by atoms with Crippen LogP contribution in [0.4, 0.5) is 9.18 Å². The quantitative estimate of drug-likeness (QED) is 0.884. The van der Waals surface area contributed by atoms with Crippen molar-refractivity contribution < 1.29 is 13.9 Å². The SMILES string of the molecule is CC(C)(C)NC(=O)OC/C(=C\F)Cn1ncn(-c2nccs2)c1=O. The van der Waals surface area contributed by atoms with Crippen LogP contribution in [-0.4, -0.2) is 37.6 Å². The lowest BCUT2D eigenvalue weighted by molar-refractivity contribution is 0.145. The molecule has 0 saturated carbocycles. The van der Waals surface area contributed by atoms with E-state index in [-0.39, 0.29) is 18.7 Å². The van der Waals surface area contributed by atoms with Gasteiger partial charge in [0.05, 0.1) is 12.9 Å². The fourth-order valence-corrected chi connectivity index (χ4v) is 2.32. The molecule has 0 fully saturated rings. The van der Waals surface area contributed by atoms with Gasteiger partial charge in [-0.2, -0.15) is 5.10 Å². The first-order valence-electron chi connectivity index (χ1n) is 7.07. The standard InChI is InChI=1S/C14H18FN5O3S/c1-14(2,3)18-12(21)23-8-10(6-15)7-20-13(22)19(9-17-20)11-16-4-5-24-11/h4-6,9H,7-8H2,1-3H3,(H,18,21)/b10-6-. The molecule has 0 aliphatic rings. The largest absolute Gasteiger partial charge is 0.445 e. The molecule has 2 heterocycles. The maximum atomic E-state index is 13.0. The number of alkyl carbamates (subject to hydrolysis) is 1. The summed E-state index contributed by atoms with van der Waals surface area (Å²) in [6, 6.07) is 0. The first-order chi connectivity index (χ1) is 11.3. The van der Waals surface area contributed by atoms with E-state index in [0.29, 0.717) is 11.5 Å². The number of nitrogens with one attached hydrogen (secondary N) is 1. The van der Waals surface area contributed by atoms with Crippen LogP contribution >= 0.6 is 11.3 Å². The summed E-state index contributed by atoms with van der Waals surface area (Å²) in [4.78, 5) is 27.8. The number of hydrogen-bond acceptors (Lipinski definition) is 6. The average molecular weight is 355 g/mol. The van der Waals surface area contributed by atoms with E-state index in [1.807, 2.05) is 0 Å². The van der Waals surface area contributed by atoms with Crippen LogP contribution in [0, 0.1) is 0 Å². The van der Waals surface area contributed by atoms with Gasteiger partial charge in [0.2, 0.25) is 0 Å². The molecule has 0 spiro atoms. The third kappa shape index (κ3) is 4.75. The molecule has 0 saturated heterocycles. The minimum atomic E-state index is -0.664. The Labute approximate surface area is 141 Å². The van der Waals surface area contributed by atoms with Gasteiger partial charge in [-0.3, -0.25) is 0 Å². The number of thiazole rings is 1. The van der Waals surface area contributed by atoms with Crippen molar-refractivity contribution in [2.45, 2.75) is 32.9 Å². The summed E-state index contributed by atoms with van der Waals surface area (Å²) in [6.07, 6.45) is 2.52. The Morgan fingerprint density at radius 3 is 2.83 bits per heavy atom. The summed E-state index contributed by atoms with van der Waals surface area (Å²) in [7, 11) is 0. The molecule has 8 nitrogen and oxygen atoms in total. The molecule has 130 valence electrons. The molecule has 1 N–H and O–H groups in total. The van der Waals surface area contributed by atoms with Crippen molar-refractivity contribution >= 4 is 17.4 Å². The van der Waals surface area contributed by atoms with Crippen LogP contribution in [0.1, 0.15) is 20.8 Å². The maximum Gasteiger partial charge on any atom is 0.407 e. The third-order valence-corrected chi connectivity index (χ3v) is 3.50. The molecule has 10 heteroatoms. The molecule has 24 heavy (non-hydrogen) atoms. The number of rotatable bonds is 5. The molecule has 0 aliphatic carbocycles. The Kier molecular flexibility index (Phi) is 5.50. The minimum Gasteiger partial charge on any atom is -0.445 e. The highest BCUT2D eigenvalue weighted by Gasteiger charge is 2.16. The van der Waals surface area contributed by atoms with Gasteiger partial charge in [-0.05, 0) is 20.8 Å². The van der Waals surface area contributed by atoms with Gasteiger partial charge in [0, 0.05) is 22.7 Å². The Bertz CT molecular complexity index is 773. The summed E-state index contributed by atoms with van der Waals surface area (Å²) in [5.74, 6) is 0. The highest BCUT2D eigenvalue weighted by Crippen LogP contribution is 2.08. The van der Waals surface area contributed by atoms with E-state index in [9.17, 15) is 14.0 Å². The number of carbonyl (C=O) groups is 1. The number of nitrogens with zero attached hydrogens (tertiary/aromatic N) is 4. The van der Waals surface area contributed by atoms with Crippen molar-refractivity contribution in [2.75, 3.05) is 6.61 Å². The molecule has 2 aromatic heterocycles. The van der Waals surface area contributed by atoms with Gasteiger partial charge in [-0.25, -0.2) is 28.2 Å². The molecule has 0 aromatic carbocycles. The van der Waals surface area contributed by atoms with Gasteiger partial charge in [-0.15, -0.1) is 11.3 Å². The fraction of sp³-hybridized carbons (Fsp3) is 0.429. The van der Waals surface area contributed by atoms with Gasteiger partial charge in [0.1, 0.15) is 12.9 Å². The van der Waals surface area contributed by atoms with Crippen molar-refractivity contribution in [2.24, 2.45) is 0 Å². The molecular formula is C14H18FN5O3S. The van der Waals surface area contributed by atoms with Crippen LogP contribution in [0.25, 0.3) is 5.13 Å². The number of halogens is 1. The van der Waals surface area contributed by atoms with Gasteiger partial charge in [0.15, 0.2) is 5.13 Å². The monoisotopic (exact) mass is 355 g/mol. The lowest BCUT2D eigenvalue weighted by Gasteiger charge is -2.20. The smallest absolute Gasteiger partial charge is 0.407 e. The van der Waals surface area contributed by atoms with Crippen molar-refractivity contribution in [3.63, 3.8) is 0 Å². The van der Waals surface area contributed by atoms with Crippen LogP contribution in [0.2, 0.25) is 0 Å². The summed E-state index contributed by atoms with van der Waals surface area (Å²) in [6.45, 7) is 4.98. The van der Waals surface area contributed by atoms with E-state index in [1.165, 1.54) is 22.2 Å². The van der Waals surface area contributed by atoms with E-state index in [0.717, 1.165) is 4.68 Å². The van der Waals surface area contributed by atoms with Gasteiger partial charge in [0.25, 0.3) is 0 Å². The molecule has 2 rings (SSSR count). The Balaban J connectivity index is 1.99. The normalized spacial score (nSPS) is 12.2. The molecule has 1 amide bonds. The molecule has 0 unspecified atom stereocenters. The maximum absolute atomic E-state index is 13.0. The molecule has 0 radical (unpaired) electrons. The number of hydrogen-bond donors (Lipinski definition) is 1. The predicted molar refractivity (Wildman–Crippen MR) is 86.9 cm³/mol. The highest BCUT2D eigenvalue weighted by atomic mass is 32.1. The summed E-state index contributed by atoms with van der Waals surface area (Å²) < 4.78 is 20.3. The zero-order valence-electron chi connectivity index (χ0n) is 13.5. The lowest BCUT2D eigenvalue weighted by atomic mass is 10.1. The van der Waals surface area contributed by atoms with Gasteiger partial charge >= 0.3 is 11.8 Å². The second-order valence-electron chi connectivity index (χ2n) is 5.97. The van der Waals surface area contributed by atoms with E-state index < -0.39 is 17.3 Å². The predicted octanol–water partition coefficient (Wildman–Crippen LogP) is 1.87. The first-order valence-corrected chi connectivity index (χ1v) is 7.95. The van der Waals surface area contributed by atoms with Gasteiger partial charge < -0.3 is 10.1 Å². The number of aromatic nitrogens is 4. The average Bonchev–Trinajstić information content (AvgIpc) is 3.12. The van der Waals surface area contributed by atoms with E-state index in [2.05, 4.69) is 15.4 Å². The molecule has 0 aliphatic heterocycles. The second kappa shape index (κ2) is 7.39. The van der Waals surface area contributed by atoms with E-state index >= 15 is 0 Å². The summed E-state index contributed by atoms with van der Waals surface area (Å²) in [5, 5.41) is 8.71. The number of amides is 1. The highest BCUT2D eigenvalue weighted by molar-refractivity contribution is 7.12. The number of carbonyl (C=O) groups excluding carboxylic acids is 1. The van der Waals surface area contributed by atoms with E-state index in [4.69, 9.17) is 4.74 Å². The summed E-state index contributed by atoms with van der Waals surface area (Å²) in [5.41, 5.74) is -0.811. The Morgan fingerprint density at radius 1 is 1.50 bits per heavy atom. The van der Waals surface area contributed by atoms with Gasteiger partial charge in [-0.1, -0.05) is 0 Å². The van der Waals surface area contributed by atoms with Crippen LogP contribution in [0.3, 0.4) is 0 Å². The third-order valence-electron chi connectivity index (χ3n) is 2.73. The van der Waals surface area contributed by atoms with Crippen LogP contribution < -0.4 is 11.0 Å². The van der Waals surface area contributed by atoms with Crippen LogP contribution in [0.5, 0.6) is 0 Å². The van der Waals surface area contributed by atoms with Crippen LogP contribution in [-0.2, 0) is 11.3 Å².